The van der Waals surface area contributed by atoms with Crippen LogP contribution in [-0.4, -0.2) is 21.3 Å². The lowest BCUT2D eigenvalue weighted by atomic mass is 10.1. The van der Waals surface area contributed by atoms with Crippen LogP contribution in [0.15, 0.2) is 28.7 Å². The predicted octanol–water partition coefficient (Wildman–Crippen LogP) is 2.14. The first-order valence-corrected chi connectivity index (χ1v) is 5.38. The number of hydrogen-bond donors (Lipinski definition) is 1. The largest absolute Gasteiger partial charge is 0.481 e. The summed E-state index contributed by atoms with van der Waals surface area (Å²) in [5, 5.41) is 16.2. The van der Waals surface area contributed by atoms with Crippen LogP contribution in [0.4, 0.5) is 4.39 Å². The van der Waals surface area contributed by atoms with E-state index < -0.39 is 17.7 Å². The van der Waals surface area contributed by atoms with Crippen molar-refractivity contribution in [2.24, 2.45) is 5.92 Å². The van der Waals surface area contributed by atoms with Crippen LogP contribution in [0.3, 0.4) is 0 Å². The second kappa shape index (κ2) is 4.95. The summed E-state index contributed by atoms with van der Waals surface area (Å²) in [7, 11) is 0. The van der Waals surface area contributed by atoms with Gasteiger partial charge in [-0.2, -0.15) is 0 Å². The SMILES string of the molecule is CC(Cc1nnc(-c2ccccc2F)o1)C(=O)O. The highest BCUT2D eigenvalue weighted by Crippen LogP contribution is 2.21. The van der Waals surface area contributed by atoms with Crippen molar-refractivity contribution in [3.8, 4) is 11.5 Å². The molecule has 0 spiro atoms. The van der Waals surface area contributed by atoms with Gasteiger partial charge < -0.3 is 9.52 Å². The van der Waals surface area contributed by atoms with Crippen molar-refractivity contribution in [1.29, 1.82) is 0 Å². The number of carboxylic acid groups (broad SMARTS) is 1. The molecule has 18 heavy (non-hydrogen) atoms. The molecule has 0 bridgehead atoms. The molecule has 1 heterocycles. The highest BCUT2D eigenvalue weighted by atomic mass is 19.1. The molecule has 2 aromatic rings. The van der Waals surface area contributed by atoms with Gasteiger partial charge >= 0.3 is 5.97 Å². The standard InChI is InChI=1S/C12H11FN2O3/c1-7(12(16)17)6-10-14-15-11(18-10)8-4-2-3-5-9(8)13/h2-5,7H,6H2,1H3,(H,16,17). The van der Waals surface area contributed by atoms with Crippen LogP contribution in [0.25, 0.3) is 11.5 Å². The Morgan fingerprint density at radius 3 is 2.83 bits per heavy atom. The van der Waals surface area contributed by atoms with Gasteiger partial charge in [-0.3, -0.25) is 4.79 Å². The number of halogens is 1. The fraction of sp³-hybridized carbons (Fsp3) is 0.250. The molecule has 0 amide bonds. The van der Waals surface area contributed by atoms with Crippen LogP contribution < -0.4 is 0 Å². The summed E-state index contributed by atoms with van der Waals surface area (Å²) in [4.78, 5) is 10.7. The molecule has 0 aliphatic carbocycles. The molecule has 1 aromatic carbocycles. The highest BCUT2D eigenvalue weighted by molar-refractivity contribution is 5.69. The molecule has 0 saturated heterocycles. The third-order valence-corrected chi connectivity index (χ3v) is 2.47. The monoisotopic (exact) mass is 250 g/mol. The summed E-state index contributed by atoms with van der Waals surface area (Å²) in [5.41, 5.74) is 0.208. The lowest BCUT2D eigenvalue weighted by molar-refractivity contribution is -0.141. The van der Waals surface area contributed by atoms with Crippen molar-refractivity contribution in [3.05, 3.63) is 36.0 Å². The van der Waals surface area contributed by atoms with Gasteiger partial charge in [0.15, 0.2) is 0 Å². The van der Waals surface area contributed by atoms with E-state index in [1.807, 2.05) is 0 Å². The van der Waals surface area contributed by atoms with E-state index in [4.69, 9.17) is 9.52 Å². The maximum absolute atomic E-state index is 13.5. The number of carboxylic acids is 1. The Morgan fingerprint density at radius 2 is 2.17 bits per heavy atom. The van der Waals surface area contributed by atoms with E-state index in [0.717, 1.165) is 0 Å². The van der Waals surface area contributed by atoms with E-state index >= 15 is 0 Å². The first-order chi connectivity index (χ1) is 8.58. The minimum absolute atomic E-state index is 0.0562. The zero-order chi connectivity index (χ0) is 13.1. The van der Waals surface area contributed by atoms with Gasteiger partial charge in [0.05, 0.1) is 11.5 Å². The Labute approximate surface area is 102 Å². The van der Waals surface area contributed by atoms with Crippen molar-refractivity contribution < 1.29 is 18.7 Å². The number of benzene rings is 1. The number of hydrogen-bond acceptors (Lipinski definition) is 4. The topological polar surface area (TPSA) is 76.2 Å². The Balaban J connectivity index is 2.21. The Hall–Kier alpha value is -2.24. The number of nitrogens with zero attached hydrogens (tertiary/aromatic N) is 2. The van der Waals surface area contributed by atoms with E-state index in [1.54, 1.807) is 12.1 Å². The van der Waals surface area contributed by atoms with E-state index in [-0.39, 0.29) is 23.8 Å². The van der Waals surface area contributed by atoms with Crippen LogP contribution in [0.1, 0.15) is 12.8 Å². The molecule has 0 fully saturated rings. The normalized spacial score (nSPS) is 12.3. The van der Waals surface area contributed by atoms with Gasteiger partial charge in [0.1, 0.15) is 5.82 Å². The molecule has 2 rings (SSSR count). The molecular formula is C12H11FN2O3. The highest BCUT2D eigenvalue weighted by Gasteiger charge is 2.17. The molecule has 1 N–H and O–H groups in total. The smallest absolute Gasteiger partial charge is 0.306 e. The van der Waals surface area contributed by atoms with Gasteiger partial charge in [0.25, 0.3) is 5.89 Å². The summed E-state index contributed by atoms with van der Waals surface area (Å²) >= 11 is 0. The van der Waals surface area contributed by atoms with Crippen LogP contribution in [0.5, 0.6) is 0 Å². The van der Waals surface area contributed by atoms with Crippen molar-refractivity contribution >= 4 is 5.97 Å². The van der Waals surface area contributed by atoms with E-state index in [9.17, 15) is 9.18 Å². The maximum atomic E-state index is 13.5. The van der Waals surface area contributed by atoms with Crippen molar-refractivity contribution in [3.63, 3.8) is 0 Å². The molecule has 1 aromatic heterocycles. The molecule has 0 saturated carbocycles. The van der Waals surface area contributed by atoms with Gasteiger partial charge in [-0.05, 0) is 12.1 Å². The average molecular weight is 250 g/mol. The summed E-state index contributed by atoms with van der Waals surface area (Å²) in [6, 6.07) is 6.02. The Kier molecular flexibility index (Phi) is 3.36. The summed E-state index contributed by atoms with van der Waals surface area (Å²) < 4.78 is 18.7. The quantitative estimate of drug-likeness (QED) is 0.899. The number of carbonyl (C=O) groups is 1. The summed E-state index contributed by atoms with van der Waals surface area (Å²) in [6.45, 7) is 1.54. The second-order valence-electron chi connectivity index (χ2n) is 3.92. The van der Waals surface area contributed by atoms with E-state index in [2.05, 4.69) is 10.2 Å². The van der Waals surface area contributed by atoms with Gasteiger partial charge in [-0.1, -0.05) is 19.1 Å². The summed E-state index contributed by atoms with van der Waals surface area (Å²) in [5.74, 6) is -1.79. The molecule has 1 unspecified atom stereocenters. The number of aromatic nitrogens is 2. The Bertz CT molecular complexity index is 568. The molecular weight excluding hydrogens is 239 g/mol. The molecule has 1 atom stereocenters. The second-order valence-corrected chi connectivity index (χ2v) is 3.92. The third kappa shape index (κ3) is 2.53. The predicted molar refractivity (Wildman–Crippen MR) is 60.2 cm³/mol. The Morgan fingerprint density at radius 1 is 1.44 bits per heavy atom. The van der Waals surface area contributed by atoms with Gasteiger partial charge in [-0.15, -0.1) is 10.2 Å². The molecule has 0 aliphatic rings. The zero-order valence-electron chi connectivity index (χ0n) is 9.63. The van der Waals surface area contributed by atoms with Gasteiger partial charge in [0, 0.05) is 6.42 Å². The van der Waals surface area contributed by atoms with Crippen molar-refractivity contribution in [2.75, 3.05) is 0 Å². The van der Waals surface area contributed by atoms with Crippen LogP contribution in [0, 0.1) is 11.7 Å². The molecule has 5 nitrogen and oxygen atoms in total. The molecule has 94 valence electrons. The van der Waals surface area contributed by atoms with E-state index in [0.29, 0.717) is 0 Å². The first-order valence-electron chi connectivity index (χ1n) is 5.38. The fourth-order valence-corrected chi connectivity index (χ4v) is 1.43. The minimum Gasteiger partial charge on any atom is -0.481 e. The zero-order valence-corrected chi connectivity index (χ0v) is 9.63. The molecule has 0 radical (unpaired) electrons. The molecule has 0 aliphatic heterocycles. The maximum Gasteiger partial charge on any atom is 0.306 e. The van der Waals surface area contributed by atoms with Gasteiger partial charge in [0.2, 0.25) is 5.89 Å². The van der Waals surface area contributed by atoms with Gasteiger partial charge in [-0.25, -0.2) is 4.39 Å². The van der Waals surface area contributed by atoms with Crippen molar-refractivity contribution in [1.82, 2.24) is 10.2 Å². The number of aliphatic carboxylic acids is 1. The third-order valence-electron chi connectivity index (χ3n) is 2.47. The van der Waals surface area contributed by atoms with Crippen LogP contribution in [0.2, 0.25) is 0 Å². The minimum atomic E-state index is -0.944. The fourth-order valence-electron chi connectivity index (χ4n) is 1.43. The van der Waals surface area contributed by atoms with Crippen molar-refractivity contribution in [2.45, 2.75) is 13.3 Å². The average Bonchev–Trinajstić information content (AvgIpc) is 2.77. The molecule has 6 heteroatoms. The van der Waals surface area contributed by atoms with Crippen LogP contribution in [-0.2, 0) is 11.2 Å². The number of rotatable bonds is 4. The lowest BCUT2D eigenvalue weighted by Gasteiger charge is -2.00. The first kappa shape index (κ1) is 12.2. The van der Waals surface area contributed by atoms with Crippen LogP contribution >= 0.6 is 0 Å². The summed E-state index contributed by atoms with van der Waals surface area (Å²) in [6.07, 6.45) is 0.122. The van der Waals surface area contributed by atoms with E-state index in [1.165, 1.54) is 19.1 Å². The lowest BCUT2D eigenvalue weighted by Crippen LogP contribution is -2.12.